The Bertz CT molecular complexity index is 588. The Morgan fingerprint density at radius 2 is 2.14 bits per heavy atom. The topological polar surface area (TPSA) is 109 Å². The van der Waals surface area contributed by atoms with E-state index < -0.39 is 11.1 Å². The minimum absolute atomic E-state index is 0.249. The maximum atomic E-state index is 12.2. The van der Waals surface area contributed by atoms with Crippen LogP contribution in [0.3, 0.4) is 0 Å². The van der Waals surface area contributed by atoms with Crippen LogP contribution in [0.5, 0.6) is 0 Å². The number of carbonyl (C=O) groups is 1. The number of urea groups is 1. The van der Waals surface area contributed by atoms with Crippen LogP contribution in [0.4, 0.5) is 10.5 Å². The second-order valence-corrected chi connectivity index (χ2v) is 4.43. The summed E-state index contributed by atoms with van der Waals surface area (Å²) in [7, 11) is 1.51. The number of aryl methyl sites for hydroxylation is 2. The van der Waals surface area contributed by atoms with Gasteiger partial charge in [-0.05, 0) is 32.4 Å². The predicted molar refractivity (Wildman–Crippen MR) is 82.0 cm³/mol. The lowest BCUT2D eigenvalue weighted by Crippen LogP contribution is -2.50. The summed E-state index contributed by atoms with van der Waals surface area (Å²) in [4.78, 5) is 31.6. The largest absolute Gasteiger partial charge is 0.356 e. The van der Waals surface area contributed by atoms with Crippen LogP contribution in [0, 0.1) is 24.0 Å². The summed E-state index contributed by atoms with van der Waals surface area (Å²) in [5, 5.41) is 12.1. The first kappa shape index (κ1) is 17.2. The van der Waals surface area contributed by atoms with Crippen molar-refractivity contribution in [2.24, 2.45) is 4.99 Å². The van der Waals surface area contributed by atoms with Gasteiger partial charge in [0.05, 0.1) is 5.69 Å². The van der Waals surface area contributed by atoms with Gasteiger partial charge in [0.15, 0.2) is 0 Å². The summed E-state index contributed by atoms with van der Waals surface area (Å²) in [6.07, 6.45) is 0. The average Bonchev–Trinajstić information content (AvgIpc) is 2.46. The van der Waals surface area contributed by atoms with E-state index in [1.807, 2.05) is 32.9 Å². The van der Waals surface area contributed by atoms with E-state index in [0.29, 0.717) is 12.2 Å². The second kappa shape index (κ2) is 7.81. The molecule has 0 saturated heterocycles. The zero-order valence-electron chi connectivity index (χ0n) is 12.9. The molecule has 0 atom stereocenters. The van der Waals surface area contributed by atoms with Crippen LogP contribution in [0.1, 0.15) is 18.1 Å². The SMILES string of the molecule is CCNC(=NC)N(C(=O)NO[N+](=O)[O-])c1ccc(C)cc1C. The molecular formula is C13H19N5O4. The molecule has 0 saturated carbocycles. The van der Waals surface area contributed by atoms with Gasteiger partial charge in [0.1, 0.15) is 0 Å². The lowest BCUT2D eigenvalue weighted by Gasteiger charge is -2.25. The number of hydrogen-bond acceptors (Lipinski definition) is 5. The quantitative estimate of drug-likeness (QED) is 0.379. The molecule has 0 bridgehead atoms. The number of hydrogen-bond donors (Lipinski definition) is 2. The van der Waals surface area contributed by atoms with Crippen molar-refractivity contribution in [3.8, 4) is 0 Å². The molecule has 0 spiro atoms. The van der Waals surface area contributed by atoms with Crippen molar-refractivity contribution >= 4 is 17.7 Å². The number of anilines is 1. The zero-order valence-corrected chi connectivity index (χ0v) is 12.9. The highest BCUT2D eigenvalue weighted by Gasteiger charge is 2.23. The first-order chi connectivity index (χ1) is 10.4. The Labute approximate surface area is 128 Å². The molecule has 0 aromatic heterocycles. The maximum Gasteiger partial charge on any atom is 0.352 e. The Kier molecular flexibility index (Phi) is 6.11. The summed E-state index contributed by atoms with van der Waals surface area (Å²) in [5.41, 5.74) is 4.15. The van der Waals surface area contributed by atoms with Crippen LogP contribution in [-0.4, -0.2) is 30.7 Å². The first-order valence-corrected chi connectivity index (χ1v) is 6.60. The second-order valence-electron chi connectivity index (χ2n) is 4.43. The molecule has 2 amide bonds. The van der Waals surface area contributed by atoms with Gasteiger partial charge in [-0.1, -0.05) is 17.7 Å². The molecule has 2 N–H and O–H groups in total. The van der Waals surface area contributed by atoms with Crippen molar-refractivity contribution in [1.29, 1.82) is 0 Å². The minimum Gasteiger partial charge on any atom is -0.356 e. The molecule has 0 unspecified atom stereocenters. The van der Waals surface area contributed by atoms with Gasteiger partial charge in [0, 0.05) is 13.6 Å². The summed E-state index contributed by atoms with van der Waals surface area (Å²) in [6, 6.07) is 4.63. The van der Waals surface area contributed by atoms with Crippen molar-refractivity contribution in [3.63, 3.8) is 0 Å². The van der Waals surface area contributed by atoms with Gasteiger partial charge in [-0.2, -0.15) is 10.4 Å². The van der Waals surface area contributed by atoms with Crippen molar-refractivity contribution < 1.29 is 14.8 Å². The third kappa shape index (κ3) is 4.33. The van der Waals surface area contributed by atoms with Crippen LogP contribution in [0.2, 0.25) is 0 Å². The summed E-state index contributed by atoms with van der Waals surface area (Å²) in [5.74, 6) is 0.249. The number of guanidine groups is 1. The number of rotatable bonds is 4. The molecule has 1 rings (SSSR count). The molecule has 1 aromatic carbocycles. The maximum absolute atomic E-state index is 12.2. The standard InChI is InChI=1S/C13H19N5O4/c1-5-15-12(14-4)17(13(19)16-22-18(20)21)11-7-6-9(2)8-10(11)3/h6-8H,5H2,1-4H3,(H,14,15)(H,16,19). The van der Waals surface area contributed by atoms with E-state index in [9.17, 15) is 14.9 Å². The third-order valence-corrected chi connectivity index (χ3v) is 2.76. The Morgan fingerprint density at radius 1 is 1.45 bits per heavy atom. The molecular weight excluding hydrogens is 290 g/mol. The molecule has 0 heterocycles. The molecule has 1 aromatic rings. The van der Waals surface area contributed by atoms with E-state index >= 15 is 0 Å². The number of nitrogens with zero attached hydrogens (tertiary/aromatic N) is 3. The number of aliphatic imine (C=N–C) groups is 1. The van der Waals surface area contributed by atoms with Gasteiger partial charge in [-0.3, -0.25) is 4.99 Å². The first-order valence-electron chi connectivity index (χ1n) is 6.60. The van der Waals surface area contributed by atoms with Gasteiger partial charge in [-0.25, -0.2) is 9.69 Å². The van der Waals surface area contributed by atoms with E-state index in [1.54, 1.807) is 11.5 Å². The van der Waals surface area contributed by atoms with E-state index in [4.69, 9.17) is 0 Å². The number of hydroxylamine groups is 1. The molecule has 9 nitrogen and oxygen atoms in total. The highest BCUT2D eigenvalue weighted by Crippen LogP contribution is 2.21. The van der Waals surface area contributed by atoms with E-state index in [2.05, 4.69) is 15.2 Å². The number of nitrogens with one attached hydrogen (secondary N) is 2. The van der Waals surface area contributed by atoms with E-state index in [0.717, 1.165) is 11.1 Å². The summed E-state index contributed by atoms with van der Waals surface area (Å²) < 4.78 is 0. The predicted octanol–water partition coefficient (Wildman–Crippen LogP) is 1.54. The smallest absolute Gasteiger partial charge is 0.352 e. The van der Waals surface area contributed by atoms with Crippen molar-refractivity contribution in [2.45, 2.75) is 20.8 Å². The number of benzene rings is 1. The summed E-state index contributed by atoms with van der Waals surface area (Å²) in [6.45, 7) is 6.13. The van der Waals surface area contributed by atoms with Crippen LogP contribution in [0.25, 0.3) is 0 Å². The minimum atomic E-state index is -1.10. The highest BCUT2D eigenvalue weighted by molar-refractivity contribution is 6.15. The molecule has 9 heteroatoms. The van der Waals surface area contributed by atoms with Crippen molar-refractivity contribution in [3.05, 3.63) is 39.4 Å². The fourth-order valence-electron chi connectivity index (χ4n) is 1.91. The van der Waals surface area contributed by atoms with Gasteiger partial charge in [-0.15, -0.1) is 10.1 Å². The number of carbonyl (C=O) groups excluding carboxylic acids is 1. The molecule has 0 aliphatic carbocycles. The zero-order chi connectivity index (χ0) is 16.7. The Balaban J connectivity index is 3.20. The molecule has 0 aliphatic rings. The van der Waals surface area contributed by atoms with Gasteiger partial charge >= 0.3 is 11.1 Å². The average molecular weight is 309 g/mol. The van der Waals surface area contributed by atoms with Crippen LogP contribution >= 0.6 is 0 Å². The van der Waals surface area contributed by atoms with Gasteiger partial charge < -0.3 is 5.32 Å². The fraction of sp³-hybridized carbons (Fsp3) is 0.385. The van der Waals surface area contributed by atoms with E-state index in [1.165, 1.54) is 11.9 Å². The Morgan fingerprint density at radius 3 is 2.64 bits per heavy atom. The molecule has 22 heavy (non-hydrogen) atoms. The van der Waals surface area contributed by atoms with Gasteiger partial charge in [0.25, 0.3) is 0 Å². The number of amides is 2. The van der Waals surface area contributed by atoms with Crippen molar-refractivity contribution in [2.75, 3.05) is 18.5 Å². The van der Waals surface area contributed by atoms with Crippen LogP contribution in [0.15, 0.2) is 23.2 Å². The van der Waals surface area contributed by atoms with Gasteiger partial charge in [0.2, 0.25) is 5.96 Å². The van der Waals surface area contributed by atoms with E-state index in [-0.39, 0.29) is 5.96 Å². The molecule has 0 radical (unpaired) electrons. The van der Waals surface area contributed by atoms with Crippen molar-refractivity contribution in [1.82, 2.24) is 10.8 Å². The monoisotopic (exact) mass is 309 g/mol. The molecule has 0 fully saturated rings. The Hall–Kier alpha value is -2.84. The highest BCUT2D eigenvalue weighted by atomic mass is 17.0. The normalized spacial score (nSPS) is 10.8. The third-order valence-electron chi connectivity index (χ3n) is 2.76. The fourth-order valence-corrected chi connectivity index (χ4v) is 1.91. The summed E-state index contributed by atoms with van der Waals surface area (Å²) >= 11 is 0. The lowest BCUT2D eigenvalue weighted by atomic mass is 10.1. The lowest BCUT2D eigenvalue weighted by molar-refractivity contribution is -0.771. The van der Waals surface area contributed by atoms with Crippen LogP contribution < -0.4 is 15.7 Å². The molecule has 120 valence electrons. The van der Waals surface area contributed by atoms with Crippen LogP contribution in [-0.2, 0) is 4.94 Å². The molecule has 0 aliphatic heterocycles.